The molecule has 0 saturated carbocycles. The van der Waals surface area contributed by atoms with Gasteiger partial charge in [0.15, 0.2) is 0 Å². The normalized spacial score (nSPS) is 13.0. The van der Waals surface area contributed by atoms with E-state index in [9.17, 15) is 0 Å². The van der Waals surface area contributed by atoms with Crippen LogP contribution in [0.15, 0.2) is 29.2 Å². The number of rotatable bonds is 7. The molecule has 96 valence electrons. The molecule has 0 aliphatic carbocycles. The molecule has 0 saturated heterocycles. The lowest BCUT2D eigenvalue weighted by Gasteiger charge is -2.18. The van der Waals surface area contributed by atoms with Crippen molar-refractivity contribution in [2.45, 2.75) is 18.4 Å². The Morgan fingerprint density at radius 2 is 1.71 bits per heavy atom. The van der Waals surface area contributed by atoms with Crippen LogP contribution >= 0.6 is 11.8 Å². The van der Waals surface area contributed by atoms with Gasteiger partial charge in [-0.25, -0.2) is 0 Å². The monoisotopic (exact) mass is 254 g/mol. The van der Waals surface area contributed by atoms with Gasteiger partial charge in [0.1, 0.15) is 19.6 Å². The zero-order valence-corrected chi connectivity index (χ0v) is 12.4. The summed E-state index contributed by atoms with van der Waals surface area (Å²) in [6.45, 7) is 7.13. The summed E-state index contributed by atoms with van der Waals surface area (Å²) in [7, 11) is 4.45. The van der Waals surface area contributed by atoms with Crippen molar-refractivity contribution in [3.05, 3.63) is 29.8 Å². The summed E-state index contributed by atoms with van der Waals surface area (Å²) in [4.78, 5) is 4.56. The molecule has 2 nitrogen and oxygen atoms in total. The standard InChI is InChI=1S/C14H24N2S/c1-5-16(11-10-15(2)3)12-13-6-8-14(17-4)9-7-13/h6-9H,5,10-12H2,1-4H3/p+2. The predicted octanol–water partition coefficient (Wildman–Crippen LogP) is -0.0422. The van der Waals surface area contributed by atoms with Crippen LogP contribution in [0.4, 0.5) is 0 Å². The Labute approximate surface area is 110 Å². The lowest BCUT2D eigenvalue weighted by atomic mass is 10.2. The summed E-state index contributed by atoms with van der Waals surface area (Å²) < 4.78 is 0. The first kappa shape index (κ1) is 14.6. The van der Waals surface area contributed by atoms with E-state index in [1.54, 1.807) is 16.7 Å². The Bertz CT molecular complexity index is 309. The van der Waals surface area contributed by atoms with E-state index in [2.05, 4.69) is 51.5 Å². The first-order chi connectivity index (χ1) is 8.15. The van der Waals surface area contributed by atoms with E-state index in [0.717, 1.165) is 6.54 Å². The van der Waals surface area contributed by atoms with Crippen LogP contribution in [0, 0.1) is 0 Å². The molecule has 0 aliphatic heterocycles. The highest BCUT2D eigenvalue weighted by Crippen LogP contribution is 2.14. The molecule has 2 N–H and O–H groups in total. The maximum Gasteiger partial charge on any atom is 0.127 e. The van der Waals surface area contributed by atoms with Crippen molar-refractivity contribution in [2.75, 3.05) is 40.0 Å². The Hall–Kier alpha value is -0.510. The average molecular weight is 254 g/mol. The minimum atomic E-state index is 1.15. The second-order valence-electron chi connectivity index (χ2n) is 4.84. The molecule has 0 fully saturated rings. The minimum Gasteiger partial charge on any atom is -0.335 e. The summed E-state index contributed by atoms with van der Waals surface area (Å²) in [5.41, 5.74) is 1.45. The van der Waals surface area contributed by atoms with Crippen LogP contribution in [0.2, 0.25) is 0 Å². The fourth-order valence-corrected chi connectivity index (χ4v) is 2.26. The Kier molecular flexibility index (Phi) is 6.63. The number of nitrogens with one attached hydrogen (secondary N) is 2. The van der Waals surface area contributed by atoms with Gasteiger partial charge in [-0.05, 0) is 25.3 Å². The molecule has 0 aromatic heterocycles. The second-order valence-corrected chi connectivity index (χ2v) is 5.72. The SMILES string of the molecule is CC[NH+](CC[NH+](C)C)Cc1ccc(SC)cc1. The molecule has 1 aromatic rings. The number of thioether (sulfide) groups is 1. The highest BCUT2D eigenvalue weighted by atomic mass is 32.2. The number of benzene rings is 1. The quantitative estimate of drug-likeness (QED) is 0.649. The van der Waals surface area contributed by atoms with Crippen LogP contribution in [0.5, 0.6) is 0 Å². The fraction of sp³-hybridized carbons (Fsp3) is 0.571. The topological polar surface area (TPSA) is 8.88 Å². The highest BCUT2D eigenvalue weighted by molar-refractivity contribution is 7.98. The van der Waals surface area contributed by atoms with Crippen LogP contribution in [0.1, 0.15) is 12.5 Å². The first-order valence-electron chi connectivity index (χ1n) is 6.41. The van der Waals surface area contributed by atoms with Gasteiger partial charge in [0.05, 0.1) is 20.6 Å². The van der Waals surface area contributed by atoms with Crippen LogP contribution in [0.25, 0.3) is 0 Å². The van der Waals surface area contributed by atoms with Gasteiger partial charge < -0.3 is 9.80 Å². The lowest BCUT2D eigenvalue weighted by molar-refractivity contribution is -0.949. The van der Waals surface area contributed by atoms with Crippen LogP contribution in [-0.4, -0.2) is 40.0 Å². The third-order valence-corrected chi connectivity index (χ3v) is 3.84. The minimum absolute atomic E-state index is 1.15. The van der Waals surface area contributed by atoms with E-state index in [1.165, 1.54) is 35.0 Å². The molecule has 1 aromatic carbocycles. The molecule has 0 amide bonds. The van der Waals surface area contributed by atoms with E-state index in [1.807, 2.05) is 0 Å². The summed E-state index contributed by atoms with van der Waals surface area (Å²) in [6.07, 6.45) is 2.12. The molecule has 0 bridgehead atoms. The molecule has 0 spiro atoms. The van der Waals surface area contributed by atoms with Crippen LogP contribution in [-0.2, 0) is 6.54 Å². The maximum atomic E-state index is 2.27. The number of likely N-dealkylation sites (N-methyl/N-ethyl adjacent to an activating group) is 2. The Morgan fingerprint density at radius 3 is 2.18 bits per heavy atom. The number of hydrogen-bond acceptors (Lipinski definition) is 1. The van der Waals surface area contributed by atoms with Crippen molar-refractivity contribution in [1.29, 1.82) is 0 Å². The molecular weight excluding hydrogens is 228 g/mol. The van der Waals surface area contributed by atoms with Crippen molar-refractivity contribution < 1.29 is 9.80 Å². The molecule has 0 heterocycles. The number of quaternary nitrogens is 2. The van der Waals surface area contributed by atoms with Crippen molar-refractivity contribution in [1.82, 2.24) is 0 Å². The van der Waals surface area contributed by atoms with E-state index in [-0.39, 0.29) is 0 Å². The zero-order valence-electron chi connectivity index (χ0n) is 11.5. The molecule has 1 atom stereocenters. The largest absolute Gasteiger partial charge is 0.335 e. The molecule has 0 radical (unpaired) electrons. The third-order valence-electron chi connectivity index (χ3n) is 3.09. The zero-order chi connectivity index (χ0) is 12.7. The lowest BCUT2D eigenvalue weighted by Crippen LogP contribution is -3.17. The van der Waals surface area contributed by atoms with Gasteiger partial charge in [-0.1, -0.05) is 12.1 Å². The summed E-state index contributed by atoms with van der Waals surface area (Å²) in [6, 6.07) is 8.99. The smallest absolute Gasteiger partial charge is 0.127 e. The fourth-order valence-electron chi connectivity index (χ4n) is 1.85. The van der Waals surface area contributed by atoms with Gasteiger partial charge in [0, 0.05) is 10.5 Å². The van der Waals surface area contributed by atoms with Gasteiger partial charge in [0.25, 0.3) is 0 Å². The van der Waals surface area contributed by atoms with Crippen LogP contribution in [0.3, 0.4) is 0 Å². The van der Waals surface area contributed by atoms with Gasteiger partial charge in [-0.15, -0.1) is 11.8 Å². The van der Waals surface area contributed by atoms with E-state index >= 15 is 0 Å². The molecule has 3 heteroatoms. The van der Waals surface area contributed by atoms with Gasteiger partial charge in [0.2, 0.25) is 0 Å². The third kappa shape index (κ3) is 5.57. The Morgan fingerprint density at radius 1 is 1.06 bits per heavy atom. The molecule has 0 aliphatic rings. The molecule has 17 heavy (non-hydrogen) atoms. The molecule has 1 rings (SSSR count). The van der Waals surface area contributed by atoms with Crippen molar-refractivity contribution in [3.8, 4) is 0 Å². The maximum absolute atomic E-state index is 2.27. The van der Waals surface area contributed by atoms with E-state index < -0.39 is 0 Å². The molecular formula is C14H26N2S+2. The summed E-state index contributed by atoms with van der Waals surface area (Å²) in [5.74, 6) is 0. The Balaban J connectivity index is 2.48. The van der Waals surface area contributed by atoms with Crippen molar-refractivity contribution >= 4 is 11.8 Å². The first-order valence-corrected chi connectivity index (χ1v) is 7.63. The van der Waals surface area contributed by atoms with Crippen molar-refractivity contribution in [2.24, 2.45) is 0 Å². The predicted molar refractivity (Wildman–Crippen MR) is 76.0 cm³/mol. The summed E-state index contributed by atoms with van der Waals surface area (Å²) >= 11 is 1.81. The van der Waals surface area contributed by atoms with Gasteiger partial charge >= 0.3 is 0 Å². The van der Waals surface area contributed by atoms with Gasteiger partial charge in [-0.2, -0.15) is 0 Å². The number of hydrogen-bond donors (Lipinski definition) is 2. The summed E-state index contributed by atoms with van der Waals surface area (Å²) in [5, 5.41) is 0. The highest BCUT2D eigenvalue weighted by Gasteiger charge is 2.08. The second kappa shape index (κ2) is 7.75. The molecule has 1 unspecified atom stereocenters. The van der Waals surface area contributed by atoms with Gasteiger partial charge in [-0.3, -0.25) is 0 Å². The van der Waals surface area contributed by atoms with Crippen LogP contribution < -0.4 is 9.80 Å². The van der Waals surface area contributed by atoms with Crippen molar-refractivity contribution in [3.63, 3.8) is 0 Å². The van der Waals surface area contributed by atoms with E-state index in [4.69, 9.17) is 0 Å². The van der Waals surface area contributed by atoms with E-state index in [0.29, 0.717) is 0 Å². The average Bonchev–Trinajstić information content (AvgIpc) is 2.35.